The van der Waals surface area contributed by atoms with Gasteiger partial charge in [0.15, 0.2) is 0 Å². The van der Waals surface area contributed by atoms with Gasteiger partial charge in [-0.15, -0.1) is 0 Å². The lowest BCUT2D eigenvalue weighted by atomic mass is 10.2. The summed E-state index contributed by atoms with van der Waals surface area (Å²) in [7, 11) is -4.62. The van der Waals surface area contributed by atoms with E-state index < -0.39 is 32.7 Å². The number of benzene rings is 1. The Morgan fingerprint density at radius 3 is 2.24 bits per heavy atom. The first-order valence-corrected chi connectivity index (χ1v) is 5.61. The average molecular weight is 268 g/mol. The predicted molar refractivity (Wildman–Crippen MR) is 51.3 cm³/mol. The Hall–Kier alpha value is -1.77. The van der Waals surface area contributed by atoms with E-state index >= 15 is 0 Å². The van der Waals surface area contributed by atoms with Gasteiger partial charge in [-0.2, -0.15) is 13.2 Å². The van der Waals surface area contributed by atoms with Gasteiger partial charge in [-0.1, -0.05) is 12.1 Å². The number of hydrogen-bond acceptors (Lipinski definition) is 3. The Morgan fingerprint density at radius 1 is 1.24 bits per heavy atom. The van der Waals surface area contributed by atoms with Crippen LogP contribution in [0.25, 0.3) is 0 Å². The normalized spacial score (nSPS) is 12.2. The molecule has 0 unspecified atom stereocenters. The zero-order chi connectivity index (χ0) is 13.3. The molecule has 0 saturated carbocycles. The summed E-state index contributed by atoms with van der Waals surface area (Å²) in [5.41, 5.74) is 3.20. The third kappa shape index (κ3) is 3.09. The van der Waals surface area contributed by atoms with Crippen LogP contribution in [-0.2, 0) is 16.2 Å². The van der Waals surface area contributed by atoms with Crippen molar-refractivity contribution in [2.75, 3.05) is 0 Å². The van der Waals surface area contributed by atoms with Crippen molar-refractivity contribution >= 4 is 16.1 Å². The van der Waals surface area contributed by atoms with E-state index in [-0.39, 0.29) is 0 Å². The van der Waals surface area contributed by atoms with Crippen LogP contribution in [0.4, 0.5) is 18.0 Å². The topological polar surface area (TPSA) is 89.3 Å². The van der Waals surface area contributed by atoms with Crippen LogP contribution < -0.4 is 10.5 Å². The molecule has 0 atom stereocenters. The van der Waals surface area contributed by atoms with Crippen LogP contribution in [0.5, 0.6) is 0 Å². The summed E-state index contributed by atoms with van der Waals surface area (Å²) in [5, 5.41) is 0. The Morgan fingerprint density at radius 2 is 1.76 bits per heavy atom. The van der Waals surface area contributed by atoms with Gasteiger partial charge in [0.05, 0.1) is 10.5 Å². The second-order valence-electron chi connectivity index (χ2n) is 2.96. The molecule has 0 heterocycles. The van der Waals surface area contributed by atoms with Gasteiger partial charge in [0.1, 0.15) is 0 Å². The van der Waals surface area contributed by atoms with Crippen LogP contribution in [-0.4, -0.2) is 14.4 Å². The lowest BCUT2D eigenvalue weighted by molar-refractivity contribution is -0.139. The number of nitrogens with one attached hydrogen (secondary N) is 1. The summed E-state index contributed by atoms with van der Waals surface area (Å²) in [6.45, 7) is 0. The number of halogens is 3. The van der Waals surface area contributed by atoms with Crippen molar-refractivity contribution < 1.29 is 26.4 Å². The Balaban J connectivity index is 3.38. The highest BCUT2D eigenvalue weighted by atomic mass is 32.2. The van der Waals surface area contributed by atoms with Crippen LogP contribution in [0.2, 0.25) is 0 Å². The van der Waals surface area contributed by atoms with Gasteiger partial charge in [-0.3, -0.25) is 0 Å². The summed E-state index contributed by atoms with van der Waals surface area (Å²) in [6, 6.07) is 2.00. The molecule has 9 heteroatoms. The first-order chi connectivity index (χ1) is 7.64. The molecular weight excluding hydrogens is 261 g/mol. The molecule has 0 fully saturated rings. The van der Waals surface area contributed by atoms with Gasteiger partial charge >= 0.3 is 12.2 Å². The maximum Gasteiger partial charge on any atom is 0.417 e. The maximum atomic E-state index is 12.5. The van der Waals surface area contributed by atoms with E-state index in [4.69, 9.17) is 0 Å². The standard InChI is InChI=1S/C8H7F3N2O3S/c9-8(10,11)5-3-1-2-4-6(5)17(15,16)13-7(12)14/h1-4H,(H3,12,13,14). The number of primary amides is 1. The smallest absolute Gasteiger partial charge is 0.351 e. The molecule has 0 aliphatic heterocycles. The molecule has 3 N–H and O–H groups in total. The Bertz CT molecular complexity index is 539. The third-order valence-corrected chi connectivity index (χ3v) is 3.12. The quantitative estimate of drug-likeness (QED) is 0.840. The van der Waals surface area contributed by atoms with Crippen molar-refractivity contribution in [3.63, 3.8) is 0 Å². The number of rotatable bonds is 2. The molecule has 2 amide bonds. The molecule has 1 rings (SSSR count). The molecule has 1 aromatic carbocycles. The number of carbonyl (C=O) groups excluding carboxylic acids is 1. The Labute approximate surface area is 94.5 Å². The van der Waals surface area contributed by atoms with Crippen molar-refractivity contribution in [1.82, 2.24) is 4.72 Å². The highest BCUT2D eigenvalue weighted by molar-refractivity contribution is 7.90. The molecule has 1 aromatic rings. The van der Waals surface area contributed by atoms with E-state index in [1.807, 2.05) is 0 Å². The number of sulfonamides is 1. The second kappa shape index (κ2) is 4.24. The van der Waals surface area contributed by atoms with Crippen molar-refractivity contribution in [3.05, 3.63) is 29.8 Å². The zero-order valence-corrected chi connectivity index (χ0v) is 8.97. The fourth-order valence-corrected chi connectivity index (χ4v) is 2.23. The maximum absolute atomic E-state index is 12.5. The summed E-state index contributed by atoms with van der Waals surface area (Å²) in [4.78, 5) is 9.35. The minimum atomic E-state index is -4.84. The highest BCUT2D eigenvalue weighted by Crippen LogP contribution is 2.33. The van der Waals surface area contributed by atoms with Crippen LogP contribution >= 0.6 is 0 Å². The molecule has 5 nitrogen and oxygen atoms in total. The molecule has 0 saturated heterocycles. The van der Waals surface area contributed by atoms with Crippen LogP contribution in [0, 0.1) is 0 Å². The van der Waals surface area contributed by atoms with E-state index in [9.17, 15) is 26.4 Å². The lowest BCUT2D eigenvalue weighted by Gasteiger charge is -2.12. The van der Waals surface area contributed by atoms with Crippen LogP contribution in [0.3, 0.4) is 0 Å². The predicted octanol–water partition coefficient (Wildman–Crippen LogP) is 1.06. The monoisotopic (exact) mass is 268 g/mol. The fourth-order valence-electron chi connectivity index (χ4n) is 1.12. The number of carbonyl (C=O) groups is 1. The highest BCUT2D eigenvalue weighted by Gasteiger charge is 2.37. The summed E-state index contributed by atoms with van der Waals surface area (Å²) < 4.78 is 61.6. The molecule has 0 bridgehead atoms. The van der Waals surface area contributed by atoms with Gasteiger partial charge < -0.3 is 5.73 Å². The van der Waals surface area contributed by atoms with Gasteiger partial charge in [-0.05, 0) is 12.1 Å². The number of alkyl halides is 3. The average Bonchev–Trinajstić information content (AvgIpc) is 2.14. The van der Waals surface area contributed by atoms with E-state index in [0.29, 0.717) is 6.07 Å². The molecule has 0 aliphatic carbocycles. The Kier molecular flexibility index (Phi) is 3.32. The van der Waals surface area contributed by atoms with E-state index in [2.05, 4.69) is 5.73 Å². The molecule has 0 radical (unpaired) electrons. The van der Waals surface area contributed by atoms with E-state index in [0.717, 1.165) is 18.2 Å². The first-order valence-electron chi connectivity index (χ1n) is 4.13. The second-order valence-corrected chi connectivity index (χ2v) is 4.61. The number of nitrogens with two attached hydrogens (primary N) is 1. The zero-order valence-electron chi connectivity index (χ0n) is 8.15. The molecule has 0 aromatic heterocycles. The van der Waals surface area contributed by atoms with Gasteiger partial charge in [0.25, 0.3) is 10.0 Å². The summed E-state index contributed by atoms with van der Waals surface area (Å²) in [5.74, 6) is 0. The minimum Gasteiger partial charge on any atom is -0.351 e. The number of urea groups is 1. The molecule has 0 aliphatic rings. The SMILES string of the molecule is NC(=O)NS(=O)(=O)c1ccccc1C(F)(F)F. The number of amides is 2. The third-order valence-electron chi connectivity index (χ3n) is 1.72. The van der Waals surface area contributed by atoms with Gasteiger partial charge in [0.2, 0.25) is 0 Å². The first kappa shape index (κ1) is 13.3. The van der Waals surface area contributed by atoms with Crippen molar-refractivity contribution in [1.29, 1.82) is 0 Å². The van der Waals surface area contributed by atoms with Crippen LogP contribution in [0.1, 0.15) is 5.56 Å². The lowest BCUT2D eigenvalue weighted by Crippen LogP contribution is -2.35. The largest absolute Gasteiger partial charge is 0.417 e. The minimum absolute atomic E-state index is 0.593. The number of hydrogen-bond donors (Lipinski definition) is 2. The van der Waals surface area contributed by atoms with Gasteiger partial charge in [-0.25, -0.2) is 17.9 Å². The van der Waals surface area contributed by atoms with Crippen molar-refractivity contribution in [2.24, 2.45) is 5.73 Å². The summed E-state index contributed by atoms with van der Waals surface area (Å²) >= 11 is 0. The van der Waals surface area contributed by atoms with Gasteiger partial charge in [0, 0.05) is 0 Å². The van der Waals surface area contributed by atoms with Crippen LogP contribution in [0.15, 0.2) is 29.2 Å². The van der Waals surface area contributed by atoms with E-state index in [1.54, 1.807) is 0 Å². The molecular formula is C8H7F3N2O3S. The fraction of sp³-hybridized carbons (Fsp3) is 0.125. The molecule has 17 heavy (non-hydrogen) atoms. The van der Waals surface area contributed by atoms with E-state index in [1.165, 1.54) is 4.72 Å². The molecule has 0 spiro atoms. The van der Waals surface area contributed by atoms with Crippen molar-refractivity contribution in [3.8, 4) is 0 Å². The molecule has 94 valence electrons. The summed E-state index contributed by atoms with van der Waals surface area (Å²) in [6.07, 6.45) is -4.84. The van der Waals surface area contributed by atoms with Crippen molar-refractivity contribution in [2.45, 2.75) is 11.1 Å².